The summed E-state index contributed by atoms with van der Waals surface area (Å²) in [7, 11) is 1.28. The molecule has 3 rings (SSSR count). The summed E-state index contributed by atoms with van der Waals surface area (Å²) in [6, 6.07) is 7.67. The summed E-state index contributed by atoms with van der Waals surface area (Å²) in [6.07, 6.45) is 3.47. The van der Waals surface area contributed by atoms with Crippen molar-refractivity contribution >= 4 is 51.7 Å². The number of carbonyl (C=O) groups is 3. The van der Waals surface area contributed by atoms with Gasteiger partial charge in [0.2, 0.25) is 11.8 Å². The highest BCUT2D eigenvalue weighted by molar-refractivity contribution is 7.98. The number of methoxy groups -OCH3 is 1. The number of anilines is 2. The minimum Gasteiger partial charge on any atom is -0.465 e. The zero-order chi connectivity index (χ0) is 18.7. The predicted molar refractivity (Wildman–Crippen MR) is 101 cm³/mol. The molecule has 0 radical (unpaired) electrons. The van der Waals surface area contributed by atoms with E-state index in [-0.39, 0.29) is 18.2 Å². The highest BCUT2D eigenvalue weighted by Crippen LogP contribution is 2.29. The molecule has 1 N–H and O–H groups in total. The summed E-state index contributed by atoms with van der Waals surface area (Å²) in [5.41, 5.74) is 0.791. The van der Waals surface area contributed by atoms with Crippen LogP contribution >= 0.6 is 23.1 Å². The number of esters is 1. The van der Waals surface area contributed by atoms with E-state index < -0.39 is 11.9 Å². The smallest absolute Gasteiger partial charge is 0.349 e. The van der Waals surface area contributed by atoms with Gasteiger partial charge in [0.05, 0.1) is 19.2 Å². The maximum Gasteiger partial charge on any atom is 0.349 e. The Morgan fingerprint density at radius 3 is 2.96 bits per heavy atom. The van der Waals surface area contributed by atoms with E-state index in [0.29, 0.717) is 16.6 Å². The number of rotatable bonds is 5. The molecule has 2 aromatic rings. The van der Waals surface area contributed by atoms with Gasteiger partial charge in [-0.25, -0.2) is 9.78 Å². The molecule has 0 bridgehead atoms. The van der Waals surface area contributed by atoms with Crippen LogP contribution in [0.25, 0.3) is 0 Å². The van der Waals surface area contributed by atoms with Crippen molar-refractivity contribution in [3.63, 3.8) is 0 Å². The van der Waals surface area contributed by atoms with Crippen LogP contribution in [0, 0.1) is 5.92 Å². The quantitative estimate of drug-likeness (QED) is 0.623. The Hall–Kier alpha value is -2.39. The summed E-state index contributed by atoms with van der Waals surface area (Å²) in [4.78, 5) is 43.2. The molecule has 1 saturated heterocycles. The number of hydrogen-bond donors (Lipinski definition) is 1. The molecular formula is C17H17N3O4S2. The monoisotopic (exact) mass is 391 g/mol. The number of ether oxygens (including phenoxy) is 1. The van der Waals surface area contributed by atoms with Crippen molar-refractivity contribution in [3.8, 4) is 0 Å². The van der Waals surface area contributed by atoms with Gasteiger partial charge in [0.1, 0.15) is 4.88 Å². The Bertz CT molecular complexity index is 852. The Morgan fingerprint density at radius 1 is 1.42 bits per heavy atom. The Kier molecular flexibility index (Phi) is 5.58. The van der Waals surface area contributed by atoms with Gasteiger partial charge in [-0.2, -0.15) is 0 Å². The van der Waals surface area contributed by atoms with Gasteiger partial charge < -0.3 is 15.0 Å². The van der Waals surface area contributed by atoms with E-state index >= 15 is 0 Å². The lowest BCUT2D eigenvalue weighted by Crippen LogP contribution is -2.28. The number of nitrogens with zero attached hydrogens (tertiary/aromatic N) is 2. The first-order valence-corrected chi connectivity index (χ1v) is 9.85. The number of benzene rings is 1. The zero-order valence-electron chi connectivity index (χ0n) is 14.2. The second-order valence-electron chi connectivity index (χ2n) is 5.62. The van der Waals surface area contributed by atoms with E-state index in [2.05, 4.69) is 15.0 Å². The topological polar surface area (TPSA) is 88.6 Å². The maximum atomic E-state index is 12.5. The summed E-state index contributed by atoms with van der Waals surface area (Å²) in [6.45, 7) is 0.317. The third-order valence-corrected chi connectivity index (χ3v) is 5.60. The standard InChI is InChI=1S/C17H17N3O4S2/c1-24-16(23)13-8-18-17(26-13)19-15(22)10-6-14(21)20(9-10)11-4-3-5-12(7-11)25-2/h3-5,7-8,10H,6,9H2,1-2H3,(H,18,19,22). The van der Waals surface area contributed by atoms with E-state index in [1.165, 1.54) is 13.3 Å². The molecule has 7 nitrogen and oxygen atoms in total. The number of nitrogens with one attached hydrogen (secondary N) is 1. The SMILES string of the molecule is COC(=O)c1cnc(NC(=O)C2CC(=O)N(c3cccc(SC)c3)C2)s1. The fraction of sp³-hybridized carbons (Fsp3) is 0.294. The number of hydrogen-bond acceptors (Lipinski definition) is 7. The van der Waals surface area contributed by atoms with Gasteiger partial charge in [-0.3, -0.25) is 9.59 Å². The Morgan fingerprint density at radius 2 is 2.23 bits per heavy atom. The molecule has 9 heteroatoms. The molecule has 0 saturated carbocycles. The van der Waals surface area contributed by atoms with E-state index in [9.17, 15) is 14.4 Å². The number of carbonyl (C=O) groups excluding carboxylic acids is 3. The van der Waals surface area contributed by atoms with Gasteiger partial charge in [-0.05, 0) is 24.5 Å². The molecule has 1 aromatic carbocycles. The summed E-state index contributed by atoms with van der Waals surface area (Å²) < 4.78 is 4.62. The van der Waals surface area contributed by atoms with Crippen LogP contribution in [0.3, 0.4) is 0 Å². The normalized spacial score (nSPS) is 16.6. The van der Waals surface area contributed by atoms with Crippen molar-refractivity contribution in [1.82, 2.24) is 4.98 Å². The van der Waals surface area contributed by atoms with Gasteiger partial charge in [0, 0.05) is 23.5 Å². The molecule has 1 atom stereocenters. The molecule has 1 aromatic heterocycles. The third kappa shape index (κ3) is 3.88. The minimum absolute atomic E-state index is 0.0854. The van der Waals surface area contributed by atoms with Crippen molar-refractivity contribution in [2.45, 2.75) is 11.3 Å². The first kappa shape index (κ1) is 18.4. The summed E-state index contributed by atoms with van der Waals surface area (Å²) in [5.74, 6) is -1.34. The molecule has 1 fully saturated rings. The second-order valence-corrected chi connectivity index (χ2v) is 7.53. The van der Waals surface area contributed by atoms with Crippen molar-refractivity contribution < 1.29 is 19.1 Å². The van der Waals surface area contributed by atoms with Gasteiger partial charge in [-0.15, -0.1) is 11.8 Å². The van der Waals surface area contributed by atoms with Gasteiger partial charge in [0.15, 0.2) is 5.13 Å². The van der Waals surface area contributed by atoms with Crippen molar-refractivity contribution in [1.29, 1.82) is 0 Å². The third-order valence-electron chi connectivity index (χ3n) is 3.98. The van der Waals surface area contributed by atoms with Crippen molar-refractivity contribution in [2.75, 3.05) is 30.1 Å². The summed E-state index contributed by atoms with van der Waals surface area (Å²) >= 11 is 2.63. The number of thioether (sulfide) groups is 1. The zero-order valence-corrected chi connectivity index (χ0v) is 15.9. The van der Waals surface area contributed by atoms with E-state index in [4.69, 9.17) is 0 Å². The molecule has 2 heterocycles. The molecule has 1 aliphatic rings. The Labute approximate surface area is 158 Å². The lowest BCUT2D eigenvalue weighted by atomic mass is 10.1. The average Bonchev–Trinajstić information content (AvgIpc) is 3.28. The number of aromatic nitrogens is 1. The van der Waals surface area contributed by atoms with Crippen LogP contribution < -0.4 is 10.2 Å². The van der Waals surface area contributed by atoms with Gasteiger partial charge in [-0.1, -0.05) is 17.4 Å². The molecule has 0 spiro atoms. The molecule has 0 aliphatic carbocycles. The van der Waals surface area contributed by atoms with Crippen LogP contribution in [0.4, 0.5) is 10.8 Å². The van der Waals surface area contributed by atoms with Gasteiger partial charge >= 0.3 is 5.97 Å². The molecule has 136 valence electrons. The van der Waals surface area contributed by atoms with E-state index in [1.54, 1.807) is 16.7 Å². The van der Waals surface area contributed by atoms with Crippen molar-refractivity contribution in [2.24, 2.45) is 5.92 Å². The molecule has 1 aliphatic heterocycles. The lowest BCUT2D eigenvalue weighted by molar-refractivity contribution is -0.122. The molecule has 26 heavy (non-hydrogen) atoms. The van der Waals surface area contributed by atoms with E-state index in [0.717, 1.165) is 21.9 Å². The molecule has 1 unspecified atom stereocenters. The minimum atomic E-state index is -0.501. The highest BCUT2D eigenvalue weighted by atomic mass is 32.2. The summed E-state index contributed by atoms with van der Waals surface area (Å²) in [5, 5.41) is 2.99. The molecule has 2 amide bonds. The maximum absolute atomic E-state index is 12.5. The highest BCUT2D eigenvalue weighted by Gasteiger charge is 2.35. The van der Waals surface area contributed by atoms with Crippen LogP contribution in [0.1, 0.15) is 16.1 Å². The van der Waals surface area contributed by atoms with Crippen LogP contribution in [0.15, 0.2) is 35.4 Å². The molecular weight excluding hydrogens is 374 g/mol. The predicted octanol–water partition coefficient (Wildman–Crippen LogP) is 2.64. The first-order chi connectivity index (χ1) is 12.5. The first-order valence-electron chi connectivity index (χ1n) is 7.81. The van der Waals surface area contributed by atoms with Crippen molar-refractivity contribution in [3.05, 3.63) is 35.3 Å². The van der Waals surface area contributed by atoms with Crippen LogP contribution in [0.5, 0.6) is 0 Å². The van der Waals surface area contributed by atoms with Crippen LogP contribution in [0.2, 0.25) is 0 Å². The largest absolute Gasteiger partial charge is 0.465 e. The van der Waals surface area contributed by atoms with Crippen LogP contribution in [-0.4, -0.2) is 42.7 Å². The second kappa shape index (κ2) is 7.88. The fourth-order valence-electron chi connectivity index (χ4n) is 2.65. The number of thiazole rings is 1. The lowest BCUT2D eigenvalue weighted by Gasteiger charge is -2.17. The number of amides is 2. The van der Waals surface area contributed by atoms with Crippen LogP contribution in [-0.2, 0) is 14.3 Å². The van der Waals surface area contributed by atoms with E-state index in [1.807, 2.05) is 30.5 Å². The Balaban J connectivity index is 1.67. The average molecular weight is 391 g/mol. The van der Waals surface area contributed by atoms with Gasteiger partial charge in [0.25, 0.3) is 0 Å². The fourth-order valence-corrected chi connectivity index (χ4v) is 3.84.